The molecule has 0 amide bonds. The van der Waals surface area contributed by atoms with Gasteiger partial charge >= 0.3 is 0 Å². The van der Waals surface area contributed by atoms with Crippen molar-refractivity contribution in [1.29, 1.82) is 0 Å². The van der Waals surface area contributed by atoms with Crippen LogP contribution in [0.3, 0.4) is 0 Å². The molecule has 0 atom stereocenters. The zero-order valence-corrected chi connectivity index (χ0v) is 31.7. The van der Waals surface area contributed by atoms with Crippen LogP contribution in [0.25, 0.3) is 12.2 Å². The highest BCUT2D eigenvalue weighted by Crippen LogP contribution is 2.28. The first-order valence-electron chi connectivity index (χ1n) is 16.9. The van der Waals surface area contributed by atoms with Gasteiger partial charge in [0.05, 0.1) is 13.2 Å². The van der Waals surface area contributed by atoms with E-state index in [1.807, 2.05) is 37.5 Å². The number of nitrogens with one attached hydrogen (secondary N) is 4. The van der Waals surface area contributed by atoms with Gasteiger partial charge < -0.3 is 41.3 Å². The number of anilines is 8. The molecule has 4 aromatic rings. The van der Waals surface area contributed by atoms with Crippen LogP contribution in [0.5, 0.6) is 0 Å². The molecule has 0 radical (unpaired) electrons. The largest absolute Gasteiger partial charge is 0.395 e. The Morgan fingerprint density at radius 1 is 0.574 bits per heavy atom. The Morgan fingerprint density at radius 3 is 1.24 bits per heavy atom. The van der Waals surface area contributed by atoms with Crippen LogP contribution < -0.4 is 31.1 Å². The lowest BCUT2D eigenvalue weighted by Crippen LogP contribution is -2.25. The number of aliphatic hydroxyl groups is 2. The molecule has 0 aliphatic rings. The van der Waals surface area contributed by atoms with Gasteiger partial charge in [0.25, 0.3) is 20.2 Å². The highest BCUT2D eigenvalue weighted by Gasteiger charge is 2.20. The third-order valence-corrected chi connectivity index (χ3v) is 9.49. The molecule has 4 rings (SSSR count). The van der Waals surface area contributed by atoms with E-state index in [2.05, 4.69) is 51.2 Å². The number of hydrogen-bond acceptors (Lipinski definition) is 18. The van der Waals surface area contributed by atoms with Crippen molar-refractivity contribution in [1.82, 2.24) is 29.9 Å². The smallest absolute Gasteiger partial charge is 0.295 e. The summed E-state index contributed by atoms with van der Waals surface area (Å²) in [6.07, 6.45) is 2.54. The summed E-state index contributed by atoms with van der Waals surface area (Å²) in [5.41, 5.74) is 0.369. The molecule has 2 aromatic carbocycles. The summed E-state index contributed by atoms with van der Waals surface area (Å²) < 4.78 is 70.4. The molecule has 54 heavy (non-hydrogen) atoms. The average Bonchev–Trinajstić information content (AvgIpc) is 3.13. The number of aromatic nitrogens is 6. The first-order valence-corrected chi connectivity index (χ1v) is 19.8. The van der Waals surface area contributed by atoms with Gasteiger partial charge in [0.2, 0.25) is 35.7 Å². The first kappa shape index (κ1) is 41.5. The minimum Gasteiger partial charge on any atom is -0.395 e. The fraction of sp³-hybridized carbons (Fsp3) is 0.375. The van der Waals surface area contributed by atoms with Crippen LogP contribution in [0.4, 0.5) is 47.1 Å². The van der Waals surface area contributed by atoms with Crippen molar-refractivity contribution in [3.05, 3.63) is 47.5 Å². The number of hydrogen-bond donors (Lipinski definition) is 8. The van der Waals surface area contributed by atoms with Crippen molar-refractivity contribution in [2.24, 2.45) is 0 Å². The maximum absolute atomic E-state index is 12.5. The molecule has 0 saturated heterocycles. The van der Waals surface area contributed by atoms with Gasteiger partial charge in [-0.2, -0.15) is 46.7 Å². The van der Waals surface area contributed by atoms with Gasteiger partial charge in [0.1, 0.15) is 9.79 Å². The van der Waals surface area contributed by atoms with Crippen molar-refractivity contribution in [3.8, 4) is 0 Å². The highest BCUT2D eigenvalue weighted by molar-refractivity contribution is 7.86. The molecule has 0 aliphatic heterocycles. The molecule has 20 nitrogen and oxygen atoms in total. The molecule has 292 valence electrons. The van der Waals surface area contributed by atoms with Crippen molar-refractivity contribution < 1.29 is 36.2 Å². The van der Waals surface area contributed by atoms with Crippen LogP contribution in [0, 0.1) is 0 Å². The molecule has 8 N–H and O–H groups in total. The summed E-state index contributed by atoms with van der Waals surface area (Å²) >= 11 is 0. The number of nitrogens with zero attached hydrogens (tertiary/aromatic N) is 8. The van der Waals surface area contributed by atoms with Gasteiger partial charge in [-0.25, -0.2) is 0 Å². The fourth-order valence-corrected chi connectivity index (χ4v) is 6.43. The molecule has 0 bridgehead atoms. The topological polar surface area (TPSA) is 281 Å². The van der Waals surface area contributed by atoms with Gasteiger partial charge in [-0.05, 0) is 63.1 Å². The second-order valence-corrected chi connectivity index (χ2v) is 14.0. The predicted molar refractivity (Wildman–Crippen MR) is 206 cm³/mol. The second kappa shape index (κ2) is 18.7. The van der Waals surface area contributed by atoms with E-state index in [0.717, 1.165) is 12.1 Å². The van der Waals surface area contributed by atoms with Crippen LogP contribution in [-0.2, 0) is 20.2 Å². The van der Waals surface area contributed by atoms with Gasteiger partial charge in [-0.1, -0.05) is 24.3 Å². The number of rotatable bonds is 20. The Balaban J connectivity index is 1.68. The summed E-state index contributed by atoms with van der Waals surface area (Å²) in [5.74, 6) is 1.13. The Hall–Kier alpha value is -5.26. The zero-order chi connectivity index (χ0) is 39.5. The summed E-state index contributed by atoms with van der Waals surface area (Å²) in [7, 11) is -9.63. The molecule has 22 heteroatoms. The van der Waals surface area contributed by atoms with Gasteiger partial charge in [-0.15, -0.1) is 0 Å². The minimum atomic E-state index is -4.82. The second-order valence-electron chi connectivity index (χ2n) is 11.2. The monoisotopic (exact) mass is 788 g/mol. The lowest BCUT2D eigenvalue weighted by Gasteiger charge is -2.20. The third-order valence-electron chi connectivity index (χ3n) is 7.67. The van der Waals surface area contributed by atoms with Crippen molar-refractivity contribution >= 4 is 79.5 Å². The SMILES string of the molecule is CCN(CC)c1nc(NCCO)nc(Nc2ccc(/C=C/c3ccc(Nc4nc(NCCO)nc(N(CC)CC)n4)cc3S(=O)(=O)O)c(S(=O)(=O)O)c2)n1. The maximum Gasteiger partial charge on any atom is 0.295 e. The lowest BCUT2D eigenvalue weighted by molar-refractivity contribution is 0.310. The maximum atomic E-state index is 12.5. The van der Waals surface area contributed by atoms with Gasteiger partial charge in [0, 0.05) is 50.6 Å². The minimum absolute atomic E-state index is 0.00616. The van der Waals surface area contributed by atoms with E-state index in [1.165, 1.54) is 36.4 Å². The average molecular weight is 789 g/mol. The van der Waals surface area contributed by atoms with E-state index in [9.17, 15) is 36.2 Å². The van der Waals surface area contributed by atoms with Crippen LogP contribution >= 0.6 is 0 Å². The highest BCUT2D eigenvalue weighted by atomic mass is 32.2. The van der Waals surface area contributed by atoms with Crippen molar-refractivity contribution in [3.63, 3.8) is 0 Å². The van der Waals surface area contributed by atoms with Crippen LogP contribution in [0.1, 0.15) is 38.8 Å². The van der Waals surface area contributed by atoms with E-state index in [4.69, 9.17) is 0 Å². The Morgan fingerprint density at radius 2 is 0.926 bits per heavy atom. The van der Waals surface area contributed by atoms with Gasteiger partial charge in [0.15, 0.2) is 0 Å². The summed E-state index contributed by atoms with van der Waals surface area (Å²) in [6, 6.07) is 8.05. The van der Waals surface area contributed by atoms with Crippen molar-refractivity contribution in [2.45, 2.75) is 37.5 Å². The molecule has 0 unspecified atom stereocenters. The Kier molecular flexibility index (Phi) is 14.3. The fourth-order valence-electron chi connectivity index (χ4n) is 5.01. The molecular formula is C32H44N12O8S2. The first-order chi connectivity index (χ1) is 25.7. The number of aliphatic hydroxyl groups excluding tert-OH is 2. The molecule has 0 aliphatic carbocycles. The van der Waals surface area contributed by atoms with E-state index < -0.39 is 30.0 Å². The summed E-state index contributed by atoms with van der Waals surface area (Å²) in [5, 5.41) is 30.1. The Labute approximate surface area is 313 Å². The quantitative estimate of drug-likeness (QED) is 0.0472. The normalized spacial score (nSPS) is 11.8. The third kappa shape index (κ3) is 11.1. The number of benzene rings is 2. The molecule has 2 aromatic heterocycles. The summed E-state index contributed by atoms with van der Waals surface area (Å²) in [6.45, 7) is 10.1. The predicted octanol–water partition coefficient (Wildman–Crippen LogP) is 2.71. The van der Waals surface area contributed by atoms with E-state index in [-0.39, 0.29) is 72.6 Å². The molecular weight excluding hydrogens is 745 g/mol. The van der Waals surface area contributed by atoms with Crippen LogP contribution in [-0.4, -0.2) is 119 Å². The molecule has 2 heterocycles. The van der Waals surface area contributed by atoms with E-state index in [1.54, 1.807) is 0 Å². The molecule has 0 spiro atoms. The van der Waals surface area contributed by atoms with Crippen molar-refractivity contribution in [2.75, 3.05) is 83.5 Å². The summed E-state index contributed by atoms with van der Waals surface area (Å²) in [4.78, 5) is 28.9. The van der Waals surface area contributed by atoms with Crippen LogP contribution in [0.15, 0.2) is 46.2 Å². The van der Waals surface area contributed by atoms with E-state index in [0.29, 0.717) is 38.1 Å². The Bertz CT molecular complexity index is 2000. The van der Waals surface area contributed by atoms with E-state index >= 15 is 0 Å². The zero-order valence-electron chi connectivity index (χ0n) is 30.1. The molecule has 0 fully saturated rings. The lowest BCUT2D eigenvalue weighted by atomic mass is 10.1. The standard InChI is InChI=1S/C32H44N12O8S2/c1-5-43(6-2)31-39-27(33-15-17-45)37-29(41-31)35-23-13-11-21(25(19-23)53(47,48)49)9-10-22-12-14-24(20-26(22)54(50,51)52)36-30-38-28(34-16-18-46)40-32(42-30)44(7-3)8-4/h9-14,19-20,45-46H,5-8,15-18H2,1-4H3,(H,47,48,49)(H,50,51,52)(H2,33,35,37,39,41)(H2,34,36,38,40,42)/b10-9+. The van der Waals surface area contributed by atoms with Crippen LogP contribution in [0.2, 0.25) is 0 Å². The molecule has 0 saturated carbocycles. The van der Waals surface area contributed by atoms with Gasteiger partial charge in [-0.3, -0.25) is 9.11 Å².